The Kier molecular flexibility index (Phi) is 3.41. The topological polar surface area (TPSA) is 79.2 Å². The largest absolute Gasteiger partial charge is 0.438 e. The van der Waals surface area contributed by atoms with Crippen LogP contribution in [0.3, 0.4) is 0 Å². The Balaban J connectivity index is 2.52. The van der Waals surface area contributed by atoms with Crippen LogP contribution in [0.25, 0.3) is 0 Å². The predicted molar refractivity (Wildman–Crippen MR) is 53.5 cm³/mol. The summed E-state index contributed by atoms with van der Waals surface area (Å²) in [5, 5.41) is 2.95. The lowest BCUT2D eigenvalue weighted by molar-refractivity contribution is 0.0915. The third-order valence-electron chi connectivity index (χ3n) is 1.47. The molecule has 0 radical (unpaired) electrons. The van der Waals surface area contributed by atoms with Crippen molar-refractivity contribution in [1.82, 2.24) is 21.2 Å². The van der Waals surface area contributed by atoms with Gasteiger partial charge in [0.2, 0.25) is 5.76 Å². The maximum absolute atomic E-state index is 11.4. The van der Waals surface area contributed by atoms with E-state index in [4.69, 9.17) is 16.6 Å². The van der Waals surface area contributed by atoms with E-state index in [-0.39, 0.29) is 5.76 Å². The van der Waals surface area contributed by atoms with E-state index in [0.29, 0.717) is 10.8 Å². The first-order valence-corrected chi connectivity index (χ1v) is 4.24. The maximum atomic E-state index is 11.4. The molecule has 0 unspecified atom stereocenters. The van der Waals surface area contributed by atoms with Gasteiger partial charge in [-0.25, -0.2) is 4.98 Å². The van der Waals surface area contributed by atoms with E-state index in [1.54, 1.807) is 14.0 Å². The molecule has 7 heteroatoms. The van der Waals surface area contributed by atoms with Crippen LogP contribution in [0.5, 0.6) is 0 Å². The molecule has 0 saturated heterocycles. The van der Waals surface area contributed by atoms with E-state index in [2.05, 4.69) is 21.2 Å². The molecular weight excluding hydrogens is 204 g/mol. The summed E-state index contributed by atoms with van der Waals surface area (Å²) in [6, 6.07) is 0. The van der Waals surface area contributed by atoms with Gasteiger partial charge >= 0.3 is 5.91 Å². The molecule has 1 aromatic heterocycles. The van der Waals surface area contributed by atoms with E-state index in [9.17, 15) is 4.79 Å². The van der Waals surface area contributed by atoms with Crippen molar-refractivity contribution in [1.29, 1.82) is 0 Å². The van der Waals surface area contributed by atoms with Crippen LogP contribution < -0.4 is 16.2 Å². The number of aryl methyl sites for hydroxylation is 1. The van der Waals surface area contributed by atoms with Crippen LogP contribution in [-0.4, -0.2) is 23.1 Å². The summed E-state index contributed by atoms with van der Waals surface area (Å²) in [5.41, 5.74) is 5.36. The molecule has 0 aliphatic carbocycles. The number of hydrazine groups is 1. The zero-order valence-corrected chi connectivity index (χ0v) is 8.57. The van der Waals surface area contributed by atoms with Gasteiger partial charge in [0.25, 0.3) is 0 Å². The molecule has 0 spiro atoms. The van der Waals surface area contributed by atoms with Crippen LogP contribution >= 0.6 is 12.2 Å². The highest BCUT2D eigenvalue weighted by atomic mass is 32.1. The fraction of sp³-hybridized carbons (Fsp3) is 0.286. The second kappa shape index (κ2) is 4.56. The number of nitrogens with one attached hydrogen (secondary N) is 3. The van der Waals surface area contributed by atoms with Crippen molar-refractivity contribution < 1.29 is 9.21 Å². The molecule has 0 atom stereocenters. The molecule has 0 saturated carbocycles. The van der Waals surface area contributed by atoms with E-state index in [1.165, 1.54) is 6.39 Å². The monoisotopic (exact) mass is 214 g/mol. The van der Waals surface area contributed by atoms with Crippen molar-refractivity contribution in [3.63, 3.8) is 0 Å². The molecular formula is C7H10N4O2S. The predicted octanol–water partition coefficient (Wildman–Crippen LogP) is -0.278. The summed E-state index contributed by atoms with van der Waals surface area (Å²) in [4.78, 5) is 15.1. The first kappa shape index (κ1) is 10.5. The second-order valence-electron chi connectivity index (χ2n) is 2.43. The zero-order valence-electron chi connectivity index (χ0n) is 7.75. The van der Waals surface area contributed by atoms with Crippen LogP contribution in [0, 0.1) is 6.92 Å². The first-order valence-electron chi connectivity index (χ1n) is 3.83. The Morgan fingerprint density at radius 3 is 2.79 bits per heavy atom. The number of nitrogens with zero attached hydrogens (tertiary/aromatic N) is 1. The molecule has 6 nitrogen and oxygen atoms in total. The standard InChI is InChI=1S/C7H10N4O2S/c1-4-5(13-3-9-4)6(12)10-11-7(14)8-2/h3H,1-2H3,(H,10,12)(H2,8,11,14). The number of oxazole rings is 1. The minimum absolute atomic E-state index is 0.163. The van der Waals surface area contributed by atoms with Gasteiger partial charge in [0, 0.05) is 7.05 Å². The normalized spacial score (nSPS) is 9.29. The third kappa shape index (κ3) is 2.43. The number of carbonyl (C=O) groups excluding carboxylic acids is 1. The van der Waals surface area contributed by atoms with Gasteiger partial charge in [0.05, 0.1) is 5.69 Å². The van der Waals surface area contributed by atoms with Gasteiger partial charge in [-0.3, -0.25) is 15.6 Å². The lowest BCUT2D eigenvalue weighted by Gasteiger charge is -2.06. The number of hydrogen-bond acceptors (Lipinski definition) is 4. The Labute approximate surface area is 86.0 Å². The lowest BCUT2D eigenvalue weighted by Crippen LogP contribution is -2.45. The average molecular weight is 214 g/mol. The third-order valence-corrected chi connectivity index (χ3v) is 1.77. The molecule has 3 N–H and O–H groups in total. The first-order chi connectivity index (χ1) is 6.65. The smallest absolute Gasteiger partial charge is 0.307 e. The molecule has 1 amide bonds. The van der Waals surface area contributed by atoms with Crippen molar-refractivity contribution in [2.24, 2.45) is 0 Å². The minimum Gasteiger partial charge on any atom is -0.438 e. The zero-order chi connectivity index (χ0) is 10.6. The van der Waals surface area contributed by atoms with E-state index < -0.39 is 5.91 Å². The molecule has 0 aliphatic heterocycles. The molecule has 76 valence electrons. The van der Waals surface area contributed by atoms with Crippen LogP contribution in [0.1, 0.15) is 16.2 Å². The Morgan fingerprint density at radius 2 is 2.29 bits per heavy atom. The average Bonchev–Trinajstić information content (AvgIpc) is 2.60. The van der Waals surface area contributed by atoms with Gasteiger partial charge in [-0.05, 0) is 19.1 Å². The summed E-state index contributed by atoms with van der Waals surface area (Å²) in [6.07, 6.45) is 1.21. The second-order valence-corrected chi connectivity index (χ2v) is 2.83. The van der Waals surface area contributed by atoms with Gasteiger partial charge < -0.3 is 9.73 Å². The van der Waals surface area contributed by atoms with Crippen molar-refractivity contribution >= 4 is 23.2 Å². The summed E-state index contributed by atoms with van der Waals surface area (Å²) < 4.78 is 4.87. The van der Waals surface area contributed by atoms with Crippen LogP contribution in [0.15, 0.2) is 10.8 Å². The maximum Gasteiger partial charge on any atom is 0.307 e. The Morgan fingerprint density at radius 1 is 1.57 bits per heavy atom. The van der Waals surface area contributed by atoms with E-state index in [1.807, 2.05) is 0 Å². The van der Waals surface area contributed by atoms with Crippen molar-refractivity contribution in [3.8, 4) is 0 Å². The van der Waals surface area contributed by atoms with Gasteiger partial charge in [-0.2, -0.15) is 0 Å². The summed E-state index contributed by atoms with van der Waals surface area (Å²) in [5.74, 6) is -0.256. The summed E-state index contributed by atoms with van der Waals surface area (Å²) in [6.45, 7) is 1.68. The molecule has 0 aliphatic rings. The number of aromatic nitrogens is 1. The lowest BCUT2D eigenvalue weighted by atomic mass is 10.3. The van der Waals surface area contributed by atoms with E-state index >= 15 is 0 Å². The van der Waals surface area contributed by atoms with Gasteiger partial charge in [0.1, 0.15) is 0 Å². The van der Waals surface area contributed by atoms with Crippen LogP contribution in [0.4, 0.5) is 0 Å². The number of carbonyl (C=O) groups is 1. The number of amides is 1. The van der Waals surface area contributed by atoms with Gasteiger partial charge in [-0.15, -0.1) is 0 Å². The molecule has 0 fully saturated rings. The molecule has 1 rings (SSSR count). The van der Waals surface area contributed by atoms with Crippen molar-refractivity contribution in [2.45, 2.75) is 6.92 Å². The van der Waals surface area contributed by atoms with E-state index in [0.717, 1.165) is 0 Å². The van der Waals surface area contributed by atoms with Crippen LogP contribution in [-0.2, 0) is 0 Å². The van der Waals surface area contributed by atoms with Crippen molar-refractivity contribution in [2.75, 3.05) is 7.05 Å². The SMILES string of the molecule is CNC(=S)NNC(=O)c1ocnc1C. The fourth-order valence-corrected chi connectivity index (χ4v) is 0.804. The van der Waals surface area contributed by atoms with Gasteiger partial charge in [-0.1, -0.05) is 0 Å². The quantitative estimate of drug-likeness (QED) is 0.441. The Bertz CT molecular complexity index is 349. The number of hydrogen-bond donors (Lipinski definition) is 3. The Hall–Kier alpha value is -1.63. The molecule has 1 heterocycles. The minimum atomic E-state index is -0.419. The molecule has 0 aromatic carbocycles. The van der Waals surface area contributed by atoms with Crippen molar-refractivity contribution in [3.05, 3.63) is 17.8 Å². The van der Waals surface area contributed by atoms with Crippen LogP contribution in [0.2, 0.25) is 0 Å². The number of rotatable bonds is 1. The summed E-state index contributed by atoms with van der Waals surface area (Å²) in [7, 11) is 1.64. The number of thiocarbonyl (C=S) groups is 1. The molecule has 0 bridgehead atoms. The molecule has 14 heavy (non-hydrogen) atoms. The highest BCUT2D eigenvalue weighted by Gasteiger charge is 2.13. The molecule has 1 aromatic rings. The van der Waals surface area contributed by atoms with Gasteiger partial charge in [0.15, 0.2) is 11.5 Å². The highest BCUT2D eigenvalue weighted by molar-refractivity contribution is 7.80. The fourth-order valence-electron chi connectivity index (χ4n) is 0.753. The highest BCUT2D eigenvalue weighted by Crippen LogP contribution is 2.03. The summed E-state index contributed by atoms with van der Waals surface area (Å²) >= 11 is 4.75.